The van der Waals surface area contributed by atoms with E-state index in [9.17, 15) is 22.8 Å². The number of anilines is 1. The minimum Gasteiger partial charge on any atom is -0.497 e. The van der Waals surface area contributed by atoms with Crippen LogP contribution in [0.4, 0.5) is 5.69 Å². The molecule has 0 radical (unpaired) electrons. The number of rotatable bonds is 13. The Morgan fingerprint density at radius 1 is 0.913 bits per heavy atom. The summed E-state index contributed by atoms with van der Waals surface area (Å²) in [6.07, 6.45) is 1.63. The topological polar surface area (TPSA) is 159 Å². The zero-order chi connectivity index (χ0) is 33.1. The molecule has 46 heavy (non-hydrogen) atoms. The fourth-order valence-electron chi connectivity index (χ4n) is 4.26. The zero-order valence-corrected chi connectivity index (χ0v) is 26.5. The lowest BCUT2D eigenvalue weighted by molar-refractivity contribution is -0.136. The number of nitrogens with zero attached hydrogens (tertiary/aromatic N) is 2. The van der Waals surface area contributed by atoms with Gasteiger partial charge in [0.2, 0.25) is 10.0 Å². The molecule has 3 amide bonds. The lowest BCUT2D eigenvalue weighted by atomic mass is 10.1. The summed E-state index contributed by atoms with van der Waals surface area (Å²) in [6.45, 7) is 3.39. The van der Waals surface area contributed by atoms with Gasteiger partial charge in [0.1, 0.15) is 17.3 Å². The van der Waals surface area contributed by atoms with E-state index in [1.165, 1.54) is 37.6 Å². The summed E-state index contributed by atoms with van der Waals surface area (Å²) in [7, 11) is -2.54. The van der Waals surface area contributed by atoms with Gasteiger partial charge in [-0.3, -0.25) is 14.4 Å². The van der Waals surface area contributed by atoms with Gasteiger partial charge in [-0.1, -0.05) is 36.4 Å². The van der Waals surface area contributed by atoms with Crippen LogP contribution in [0.1, 0.15) is 28.2 Å². The lowest BCUT2D eigenvalue weighted by Gasteiger charge is -2.21. The fourth-order valence-corrected chi connectivity index (χ4v) is 5.65. The highest BCUT2D eigenvalue weighted by Gasteiger charge is 2.26. The molecule has 0 aliphatic rings. The van der Waals surface area contributed by atoms with Crippen LogP contribution in [0.3, 0.4) is 0 Å². The number of hydrogen-bond donors (Lipinski definition) is 3. The maximum absolute atomic E-state index is 13.5. The van der Waals surface area contributed by atoms with Crippen molar-refractivity contribution in [3.8, 4) is 5.75 Å². The SMILES string of the molecule is COc1ccc(S(=O)(=O)N(CCc2ccccc2)CC(=O)N/N=C\c2ccc(CNC(=O)C(=O)Nc3ccc(C)c(C)c3)o2)cc1. The molecule has 0 aliphatic heterocycles. The third-order valence-electron chi connectivity index (χ3n) is 6.97. The first kappa shape index (κ1) is 33.6. The minimum absolute atomic E-state index is 0.0237. The van der Waals surface area contributed by atoms with E-state index in [1.54, 1.807) is 24.3 Å². The molecule has 0 atom stereocenters. The van der Waals surface area contributed by atoms with Crippen molar-refractivity contribution in [1.82, 2.24) is 15.0 Å². The Bertz CT molecular complexity index is 1800. The average Bonchev–Trinajstić information content (AvgIpc) is 3.51. The first-order valence-electron chi connectivity index (χ1n) is 14.3. The summed E-state index contributed by atoms with van der Waals surface area (Å²) in [5, 5.41) is 8.92. The molecule has 12 nitrogen and oxygen atoms in total. The molecule has 0 bridgehead atoms. The third-order valence-corrected chi connectivity index (χ3v) is 8.83. The summed E-state index contributed by atoms with van der Waals surface area (Å²) >= 11 is 0. The second-order valence-corrected chi connectivity index (χ2v) is 12.2. The summed E-state index contributed by atoms with van der Waals surface area (Å²) < 4.78 is 38.7. The van der Waals surface area contributed by atoms with Gasteiger partial charge in [0.05, 0.1) is 31.3 Å². The van der Waals surface area contributed by atoms with Crippen LogP contribution >= 0.6 is 0 Å². The number of methoxy groups -OCH3 is 1. The molecule has 0 fully saturated rings. The van der Waals surface area contributed by atoms with Crippen molar-refractivity contribution < 1.29 is 32.0 Å². The number of carbonyl (C=O) groups is 3. The summed E-state index contributed by atoms with van der Waals surface area (Å²) in [6, 6.07) is 23.8. The van der Waals surface area contributed by atoms with Crippen molar-refractivity contribution >= 4 is 39.6 Å². The number of furan rings is 1. The van der Waals surface area contributed by atoms with Gasteiger partial charge in [0, 0.05) is 12.2 Å². The first-order chi connectivity index (χ1) is 22.0. The van der Waals surface area contributed by atoms with Crippen molar-refractivity contribution in [1.29, 1.82) is 0 Å². The molecule has 0 unspecified atom stereocenters. The highest BCUT2D eigenvalue weighted by Crippen LogP contribution is 2.20. The van der Waals surface area contributed by atoms with Gasteiger partial charge in [0.25, 0.3) is 5.91 Å². The molecule has 3 aromatic carbocycles. The van der Waals surface area contributed by atoms with E-state index < -0.39 is 34.3 Å². The molecule has 4 rings (SSSR count). The van der Waals surface area contributed by atoms with Crippen LogP contribution in [-0.4, -0.2) is 56.9 Å². The van der Waals surface area contributed by atoms with E-state index in [1.807, 2.05) is 50.2 Å². The Hall–Kier alpha value is -5.27. The van der Waals surface area contributed by atoms with E-state index >= 15 is 0 Å². The van der Waals surface area contributed by atoms with Crippen LogP contribution in [0.25, 0.3) is 0 Å². The number of hydrazone groups is 1. The van der Waals surface area contributed by atoms with Gasteiger partial charge in [-0.25, -0.2) is 13.8 Å². The van der Waals surface area contributed by atoms with Crippen LogP contribution < -0.4 is 20.8 Å². The van der Waals surface area contributed by atoms with Crippen LogP contribution in [0.2, 0.25) is 0 Å². The molecule has 1 heterocycles. The Balaban J connectivity index is 1.31. The highest BCUT2D eigenvalue weighted by atomic mass is 32.2. The number of benzene rings is 3. The van der Waals surface area contributed by atoms with Gasteiger partial charge < -0.3 is 19.8 Å². The van der Waals surface area contributed by atoms with Crippen LogP contribution in [0.5, 0.6) is 5.75 Å². The van der Waals surface area contributed by atoms with Crippen molar-refractivity contribution in [3.63, 3.8) is 0 Å². The standard InChI is InChI=1S/C33H35N5O7S/c1-23-9-10-26(19-24(23)2)36-33(41)32(40)34-20-28-11-12-29(45-28)21-35-37-31(39)22-38(18-17-25-7-5-4-6-8-25)46(42,43)30-15-13-27(44-3)14-16-30/h4-16,19,21H,17-18,20,22H2,1-3H3,(H,34,40)(H,36,41)(H,37,39)/b35-21-. The maximum Gasteiger partial charge on any atom is 0.313 e. The molecule has 0 saturated carbocycles. The molecular weight excluding hydrogens is 610 g/mol. The molecule has 0 saturated heterocycles. The molecule has 0 aliphatic carbocycles. The van der Waals surface area contributed by atoms with E-state index in [-0.39, 0.29) is 23.7 Å². The normalized spacial score (nSPS) is 11.4. The molecule has 4 aromatic rings. The largest absolute Gasteiger partial charge is 0.497 e. The monoisotopic (exact) mass is 645 g/mol. The highest BCUT2D eigenvalue weighted by molar-refractivity contribution is 7.89. The maximum atomic E-state index is 13.5. The molecule has 1 aromatic heterocycles. The average molecular weight is 646 g/mol. The Labute approximate surface area is 267 Å². The lowest BCUT2D eigenvalue weighted by Crippen LogP contribution is -2.40. The fraction of sp³-hybridized carbons (Fsp3) is 0.212. The Morgan fingerprint density at radius 2 is 1.65 bits per heavy atom. The van der Waals surface area contributed by atoms with Gasteiger partial charge in [-0.15, -0.1) is 0 Å². The molecule has 0 spiro atoms. The number of aryl methyl sites for hydroxylation is 2. The van der Waals surface area contributed by atoms with E-state index in [4.69, 9.17) is 9.15 Å². The summed E-state index contributed by atoms with van der Waals surface area (Å²) in [5.74, 6) is -1.20. The Kier molecular flexibility index (Phi) is 11.4. The Morgan fingerprint density at radius 3 is 2.35 bits per heavy atom. The molecule has 13 heteroatoms. The predicted octanol–water partition coefficient (Wildman–Crippen LogP) is 3.54. The number of ether oxygens (including phenoxy) is 1. The second-order valence-electron chi connectivity index (χ2n) is 10.3. The molecular formula is C33H35N5O7S. The third kappa shape index (κ3) is 9.36. The molecule has 240 valence electrons. The number of hydrogen-bond acceptors (Lipinski definition) is 8. The van der Waals surface area contributed by atoms with Crippen LogP contribution in [0.15, 0.2) is 99.3 Å². The van der Waals surface area contributed by atoms with Gasteiger partial charge >= 0.3 is 11.8 Å². The number of carbonyl (C=O) groups excluding carboxylic acids is 3. The number of nitrogens with one attached hydrogen (secondary N) is 3. The minimum atomic E-state index is -4.02. The summed E-state index contributed by atoms with van der Waals surface area (Å²) in [4.78, 5) is 37.3. The van der Waals surface area contributed by atoms with E-state index in [0.29, 0.717) is 23.6 Å². The van der Waals surface area contributed by atoms with Crippen LogP contribution in [-0.2, 0) is 37.4 Å². The van der Waals surface area contributed by atoms with Gasteiger partial charge in [-0.05, 0) is 85.5 Å². The number of sulfonamides is 1. The van der Waals surface area contributed by atoms with E-state index in [0.717, 1.165) is 21.0 Å². The molecule has 3 N–H and O–H groups in total. The zero-order valence-electron chi connectivity index (χ0n) is 25.6. The first-order valence-corrected chi connectivity index (χ1v) is 15.7. The number of amides is 3. The van der Waals surface area contributed by atoms with Gasteiger partial charge in [0.15, 0.2) is 0 Å². The van der Waals surface area contributed by atoms with Crippen LogP contribution in [0, 0.1) is 13.8 Å². The van der Waals surface area contributed by atoms with Crippen molar-refractivity contribution in [2.75, 3.05) is 25.5 Å². The van der Waals surface area contributed by atoms with Crippen molar-refractivity contribution in [2.45, 2.75) is 31.7 Å². The quantitative estimate of drug-likeness (QED) is 0.114. The van der Waals surface area contributed by atoms with Gasteiger partial charge in [-0.2, -0.15) is 9.41 Å². The van der Waals surface area contributed by atoms with Crippen molar-refractivity contribution in [3.05, 3.63) is 113 Å². The summed E-state index contributed by atoms with van der Waals surface area (Å²) in [5.41, 5.74) is 5.81. The van der Waals surface area contributed by atoms with E-state index in [2.05, 4.69) is 21.2 Å². The van der Waals surface area contributed by atoms with Crippen molar-refractivity contribution in [2.24, 2.45) is 5.10 Å². The smallest absolute Gasteiger partial charge is 0.313 e. The second kappa shape index (κ2) is 15.6. The predicted molar refractivity (Wildman–Crippen MR) is 173 cm³/mol.